The first-order valence-corrected chi connectivity index (χ1v) is 16.0. The maximum Gasteiger partial charge on any atom is 0.407 e. The molecule has 254 valence electrons. The lowest BCUT2D eigenvalue weighted by Gasteiger charge is -2.34. The number of ether oxygens (including phenoxy) is 1. The fourth-order valence-corrected chi connectivity index (χ4v) is 5.37. The maximum atomic E-state index is 14.0. The molecule has 15 heteroatoms. The van der Waals surface area contributed by atoms with Crippen molar-refractivity contribution < 1.29 is 19.1 Å². The van der Waals surface area contributed by atoms with Crippen molar-refractivity contribution in [3.63, 3.8) is 0 Å². The van der Waals surface area contributed by atoms with Crippen LogP contribution in [0.25, 0.3) is 11.2 Å². The second-order valence-electron chi connectivity index (χ2n) is 12.7. The van der Waals surface area contributed by atoms with E-state index in [9.17, 15) is 24.0 Å². The molecule has 0 bridgehead atoms. The van der Waals surface area contributed by atoms with E-state index in [4.69, 9.17) is 21.3 Å². The monoisotopic (exact) mass is 670 g/mol. The number of carbonyl (C=O) groups is 3. The van der Waals surface area contributed by atoms with Crippen LogP contribution in [0.2, 0.25) is 0 Å². The Labute approximate surface area is 277 Å². The number of aryl methyl sites for hydroxylation is 1. The third-order valence-corrected chi connectivity index (χ3v) is 7.63. The van der Waals surface area contributed by atoms with Gasteiger partial charge in [0.2, 0.25) is 5.95 Å². The van der Waals surface area contributed by atoms with E-state index in [1.807, 2.05) is 24.8 Å². The van der Waals surface area contributed by atoms with Crippen molar-refractivity contribution >= 4 is 52.3 Å². The van der Waals surface area contributed by atoms with Crippen molar-refractivity contribution in [3.05, 3.63) is 62.3 Å². The van der Waals surface area contributed by atoms with Crippen molar-refractivity contribution in [1.29, 1.82) is 0 Å². The number of piperidine rings is 1. The van der Waals surface area contributed by atoms with E-state index in [0.29, 0.717) is 31.3 Å². The van der Waals surface area contributed by atoms with E-state index >= 15 is 0 Å². The molecular formula is C32H43ClN8O6. The number of halogens is 1. The van der Waals surface area contributed by atoms with Gasteiger partial charge in [-0.15, -0.1) is 11.6 Å². The molecule has 14 nitrogen and oxygen atoms in total. The summed E-state index contributed by atoms with van der Waals surface area (Å²) in [7, 11) is 1.51. The molecule has 0 spiro atoms. The van der Waals surface area contributed by atoms with Gasteiger partial charge in [0.25, 0.3) is 5.56 Å². The summed E-state index contributed by atoms with van der Waals surface area (Å²) in [6.45, 7) is 10.4. The van der Waals surface area contributed by atoms with Gasteiger partial charge in [0, 0.05) is 56.4 Å². The van der Waals surface area contributed by atoms with Gasteiger partial charge in [0.1, 0.15) is 5.60 Å². The number of allylic oxidation sites excluding steroid dienone is 2. The number of carbonyl (C=O) groups excluding carboxylic acids is 3. The molecule has 0 saturated carbocycles. The van der Waals surface area contributed by atoms with Crippen molar-refractivity contribution in [3.8, 4) is 0 Å². The third kappa shape index (κ3) is 8.82. The largest absolute Gasteiger partial charge is 0.444 e. The highest BCUT2D eigenvalue weighted by atomic mass is 35.5. The topological polar surface area (TPSA) is 162 Å². The van der Waals surface area contributed by atoms with Crippen LogP contribution in [-0.2, 0) is 24.9 Å². The predicted molar refractivity (Wildman–Crippen MR) is 182 cm³/mol. The van der Waals surface area contributed by atoms with Crippen LogP contribution in [0.1, 0.15) is 57.8 Å². The molecule has 3 N–H and O–H groups in total. The zero-order valence-corrected chi connectivity index (χ0v) is 28.4. The van der Waals surface area contributed by atoms with Gasteiger partial charge in [-0.25, -0.2) is 14.4 Å². The van der Waals surface area contributed by atoms with Crippen LogP contribution < -0.4 is 32.1 Å². The van der Waals surface area contributed by atoms with Crippen LogP contribution in [0.3, 0.4) is 0 Å². The molecule has 1 saturated heterocycles. The van der Waals surface area contributed by atoms with Gasteiger partial charge in [-0.2, -0.15) is 4.98 Å². The first-order valence-electron chi connectivity index (χ1n) is 15.5. The van der Waals surface area contributed by atoms with Crippen LogP contribution >= 0.6 is 11.6 Å². The van der Waals surface area contributed by atoms with Crippen LogP contribution in [-0.4, -0.2) is 73.8 Å². The molecule has 3 aromatic rings. The average Bonchev–Trinajstić information content (AvgIpc) is 3.39. The maximum absolute atomic E-state index is 14.0. The molecule has 3 heterocycles. The summed E-state index contributed by atoms with van der Waals surface area (Å²) >= 11 is 5.62. The standard InChI is InChI=1S/C32H43ClN8O6/c1-20(2)12-16-40-25-26(37-29(40)39-15-8-11-23(18-39)36-30(45)47-32(3,4)5)38(6)31(46)41(27(25)43)19-24(42)21-9-7-10-22(17-21)35-28(44)34-14-13-33/h7,9-10,12,17,23H,8,11,13-16,18-19H2,1-6H3,(H,36,45)(H2,34,35,44). The number of rotatable bonds is 10. The zero-order valence-electron chi connectivity index (χ0n) is 27.7. The van der Waals surface area contributed by atoms with Gasteiger partial charge in [0.15, 0.2) is 16.9 Å². The lowest BCUT2D eigenvalue weighted by molar-refractivity contribution is 0.0499. The van der Waals surface area contributed by atoms with Gasteiger partial charge in [-0.3, -0.25) is 18.7 Å². The fourth-order valence-electron chi connectivity index (χ4n) is 5.28. The summed E-state index contributed by atoms with van der Waals surface area (Å²) in [5.41, 5.74) is 0.00119. The van der Waals surface area contributed by atoms with Gasteiger partial charge >= 0.3 is 17.8 Å². The highest BCUT2D eigenvalue weighted by Crippen LogP contribution is 2.24. The van der Waals surface area contributed by atoms with Gasteiger partial charge in [0.05, 0.1) is 6.54 Å². The molecule has 0 aliphatic carbocycles. The highest BCUT2D eigenvalue weighted by molar-refractivity contribution is 6.18. The Hall–Kier alpha value is -4.59. The first kappa shape index (κ1) is 35.3. The molecule has 4 rings (SSSR count). The van der Waals surface area contributed by atoms with Crippen molar-refractivity contribution in [2.45, 2.75) is 72.2 Å². The Kier molecular flexibility index (Phi) is 11.2. The van der Waals surface area contributed by atoms with Crippen molar-refractivity contribution in [2.24, 2.45) is 7.05 Å². The molecule has 1 aromatic carbocycles. The number of amides is 3. The number of nitrogens with one attached hydrogen (secondary N) is 3. The summed E-state index contributed by atoms with van der Waals surface area (Å²) in [6, 6.07) is 5.54. The predicted octanol–water partition coefficient (Wildman–Crippen LogP) is 3.60. The molecular weight excluding hydrogens is 628 g/mol. The molecule has 1 fully saturated rings. The Morgan fingerprint density at radius 3 is 2.57 bits per heavy atom. The number of hydrogen-bond donors (Lipinski definition) is 3. The molecule has 2 aromatic heterocycles. The second kappa shape index (κ2) is 14.9. The number of fused-ring (bicyclic) bond motifs is 1. The molecule has 1 aliphatic heterocycles. The number of Topliss-reactive ketones (excluding diaryl/α,β-unsaturated/α-hetero) is 1. The minimum Gasteiger partial charge on any atom is -0.444 e. The number of hydrogen-bond acceptors (Lipinski definition) is 8. The number of aromatic nitrogens is 4. The van der Waals surface area contributed by atoms with Crippen LogP contribution in [0.4, 0.5) is 21.2 Å². The molecule has 1 aliphatic rings. The van der Waals surface area contributed by atoms with E-state index in [1.54, 1.807) is 43.5 Å². The number of benzene rings is 1. The summed E-state index contributed by atoms with van der Waals surface area (Å²) in [4.78, 5) is 72.2. The molecule has 1 atom stereocenters. The number of imidazole rings is 1. The lowest BCUT2D eigenvalue weighted by atomic mass is 10.1. The molecule has 1 unspecified atom stereocenters. The summed E-state index contributed by atoms with van der Waals surface area (Å²) < 4.78 is 9.38. The number of alkyl halides is 1. The van der Waals surface area contributed by atoms with Crippen LogP contribution in [0.5, 0.6) is 0 Å². The summed E-state index contributed by atoms with van der Waals surface area (Å²) in [5.74, 6) is 0.241. The minimum absolute atomic E-state index is 0.181. The molecule has 3 amide bonds. The Morgan fingerprint density at radius 1 is 1.15 bits per heavy atom. The quantitative estimate of drug-likeness (QED) is 0.168. The number of alkyl carbamates (subject to hydrolysis) is 1. The zero-order chi connectivity index (χ0) is 34.5. The number of urea groups is 1. The minimum atomic E-state index is -0.688. The summed E-state index contributed by atoms with van der Waals surface area (Å²) in [5, 5.41) is 8.15. The van der Waals surface area contributed by atoms with Gasteiger partial charge < -0.3 is 30.2 Å². The summed E-state index contributed by atoms with van der Waals surface area (Å²) in [6.07, 6.45) is 2.94. The first-order chi connectivity index (χ1) is 22.2. The number of nitrogens with zero attached hydrogens (tertiary/aromatic N) is 5. The van der Waals surface area contributed by atoms with E-state index in [-0.39, 0.29) is 35.2 Å². The lowest BCUT2D eigenvalue weighted by Crippen LogP contribution is -2.49. The van der Waals surface area contributed by atoms with E-state index < -0.39 is 41.3 Å². The van der Waals surface area contributed by atoms with E-state index in [2.05, 4.69) is 16.0 Å². The molecule has 0 radical (unpaired) electrons. The Balaban J connectivity index is 1.69. The normalized spacial score (nSPS) is 14.9. The highest BCUT2D eigenvalue weighted by Gasteiger charge is 2.29. The third-order valence-electron chi connectivity index (χ3n) is 7.44. The van der Waals surface area contributed by atoms with E-state index in [1.165, 1.54) is 17.7 Å². The van der Waals surface area contributed by atoms with E-state index in [0.717, 1.165) is 23.0 Å². The SMILES string of the molecule is CC(C)=CCn1c(N2CCCC(NC(=O)OC(C)(C)C)C2)nc2c1c(=O)n(CC(=O)c1cccc(NC(=O)NCCCl)c1)c(=O)n2C. The fraction of sp³-hybridized carbons (Fsp3) is 0.500. The second-order valence-corrected chi connectivity index (χ2v) is 13.1. The van der Waals surface area contributed by atoms with Gasteiger partial charge in [-0.05, 0) is 59.6 Å². The van der Waals surface area contributed by atoms with Crippen molar-refractivity contribution in [1.82, 2.24) is 29.3 Å². The smallest absolute Gasteiger partial charge is 0.407 e. The van der Waals surface area contributed by atoms with Gasteiger partial charge in [-0.1, -0.05) is 23.8 Å². The number of ketones is 1. The van der Waals surface area contributed by atoms with Crippen molar-refractivity contribution in [2.75, 3.05) is 35.7 Å². The Bertz CT molecular complexity index is 1800. The number of anilines is 2. The average molecular weight is 671 g/mol. The Morgan fingerprint density at radius 2 is 1.89 bits per heavy atom. The van der Waals surface area contributed by atoms with Crippen LogP contribution in [0, 0.1) is 0 Å². The van der Waals surface area contributed by atoms with Crippen LogP contribution in [0.15, 0.2) is 45.5 Å². The molecule has 47 heavy (non-hydrogen) atoms.